The highest BCUT2D eigenvalue weighted by molar-refractivity contribution is 7.13. The Kier molecular flexibility index (Phi) is 16.1. The number of fused-ring (bicyclic) bond motifs is 1. The van der Waals surface area contributed by atoms with Crippen molar-refractivity contribution in [3.05, 3.63) is 93.4 Å². The molecule has 3 atom stereocenters. The van der Waals surface area contributed by atoms with E-state index < -0.39 is 46.9 Å². The number of benzene rings is 3. The van der Waals surface area contributed by atoms with E-state index in [1.807, 2.05) is 43.9 Å². The van der Waals surface area contributed by atoms with Gasteiger partial charge in [-0.2, -0.15) is 4.98 Å². The molecule has 2 aliphatic rings. The minimum absolute atomic E-state index is 0.00550. The fourth-order valence-electron chi connectivity index (χ4n) is 9.22. The number of phenols is 1. The normalized spacial score (nSPS) is 16.3. The predicted molar refractivity (Wildman–Crippen MR) is 271 cm³/mol. The first-order valence-corrected chi connectivity index (χ1v) is 25.2. The maximum Gasteiger partial charge on any atom is 0.243 e. The van der Waals surface area contributed by atoms with Crippen LogP contribution >= 0.6 is 22.9 Å². The largest absolute Gasteiger partial charge is 0.507 e. The standard InChI is InChI=1S/C51H57ClF2N10O8S/c1-27(2)42(40-20-28(3)60-72-40)50(70)64-25-33(66)22-37(64)49(69)56-24-32-11-10-31(47-29(4)57-26-73-47)21-39(32)71-19-18-61(6)41(68)12-13-55-51-58-46-34(48(59-51)63-16-14-62(15-17-63)30(5)65)23-35(52)43(45(46)54)44-36(53)8-7-9-38(44)67/h7-11,20-21,23,26-27,33,37,42,66-67H,12-19,22,24-25H2,1-6H3,(H,56,69)(H,55,58,59)/t33-,37+,42+/m1/s1. The minimum atomic E-state index is -0.979. The van der Waals surface area contributed by atoms with Gasteiger partial charge in [-0.25, -0.2) is 18.7 Å². The van der Waals surface area contributed by atoms with Gasteiger partial charge in [-0.3, -0.25) is 19.2 Å². The number of aromatic hydroxyl groups is 1. The number of ether oxygens (including phenoxy) is 1. The number of nitrogens with zero attached hydrogens (tertiary/aromatic N) is 8. The number of aromatic nitrogens is 4. The molecule has 8 rings (SSSR count). The van der Waals surface area contributed by atoms with Gasteiger partial charge in [0.1, 0.15) is 53.0 Å². The van der Waals surface area contributed by atoms with Crippen molar-refractivity contribution >= 4 is 69.2 Å². The molecule has 4 N–H and O–H groups in total. The van der Waals surface area contributed by atoms with E-state index >= 15 is 8.78 Å². The van der Waals surface area contributed by atoms with Gasteiger partial charge in [0, 0.05) is 95.2 Å². The van der Waals surface area contributed by atoms with Gasteiger partial charge in [-0.05, 0) is 49.6 Å². The molecule has 6 aromatic rings. The SMILES string of the molecule is CC(=O)N1CCN(c2nc(NCCC(=O)N(C)CCOc3cc(-c4scnc4C)ccc3CNC(=O)[C@@H]3C[C@@H](O)CN3C(=O)[C@H](c3cc(C)no3)C(C)C)nc3c(F)c(-c4c(O)cccc4F)c(Cl)cc23)CC1. The van der Waals surface area contributed by atoms with Gasteiger partial charge in [-0.15, -0.1) is 11.3 Å². The third kappa shape index (κ3) is 11.5. The second-order valence-electron chi connectivity index (χ2n) is 18.6. The Hall–Kier alpha value is -6.97. The van der Waals surface area contributed by atoms with Crippen molar-refractivity contribution in [2.24, 2.45) is 5.92 Å². The summed E-state index contributed by atoms with van der Waals surface area (Å²) in [6, 6.07) is 11.4. The van der Waals surface area contributed by atoms with Crippen LogP contribution in [0.25, 0.3) is 32.5 Å². The van der Waals surface area contributed by atoms with Crippen LogP contribution in [0.2, 0.25) is 5.02 Å². The predicted octanol–water partition coefficient (Wildman–Crippen LogP) is 6.69. The lowest BCUT2D eigenvalue weighted by Crippen LogP contribution is -2.48. The molecule has 0 saturated carbocycles. The highest BCUT2D eigenvalue weighted by Crippen LogP contribution is 2.43. The average molecular weight is 1040 g/mol. The molecule has 0 radical (unpaired) electrons. The number of piperazine rings is 1. The Balaban J connectivity index is 0.938. The zero-order valence-corrected chi connectivity index (χ0v) is 42.8. The number of hydrogen-bond donors (Lipinski definition) is 4. The molecule has 4 amide bonds. The van der Waals surface area contributed by atoms with Crippen LogP contribution in [-0.2, 0) is 25.7 Å². The Bertz CT molecular complexity index is 3020. The maximum atomic E-state index is 16.6. The topological polar surface area (TPSA) is 220 Å². The van der Waals surface area contributed by atoms with Crippen LogP contribution in [0.3, 0.4) is 0 Å². The van der Waals surface area contributed by atoms with Crippen molar-refractivity contribution < 1.29 is 47.4 Å². The fourth-order valence-corrected chi connectivity index (χ4v) is 10.3. The summed E-state index contributed by atoms with van der Waals surface area (Å²) in [5, 5.41) is 31.3. The average Bonchev–Trinajstić information content (AvgIpc) is 4.10. The molecule has 5 heterocycles. The van der Waals surface area contributed by atoms with Crippen molar-refractivity contribution in [3.63, 3.8) is 0 Å². The van der Waals surface area contributed by atoms with E-state index in [1.165, 1.54) is 46.3 Å². The van der Waals surface area contributed by atoms with E-state index in [0.29, 0.717) is 54.8 Å². The number of aliphatic hydroxyl groups is 1. The van der Waals surface area contributed by atoms with E-state index in [-0.39, 0.29) is 96.7 Å². The molecular weight excluding hydrogens is 986 g/mol. The minimum Gasteiger partial charge on any atom is -0.507 e. The lowest BCUT2D eigenvalue weighted by atomic mass is 9.91. The summed E-state index contributed by atoms with van der Waals surface area (Å²) in [7, 11) is 1.63. The maximum absolute atomic E-state index is 16.6. The van der Waals surface area contributed by atoms with E-state index in [1.54, 1.807) is 30.4 Å². The molecule has 2 aliphatic heterocycles. The van der Waals surface area contributed by atoms with Crippen LogP contribution in [0, 0.1) is 31.4 Å². The molecular formula is C51H57ClF2N10O8S. The number of thiazole rings is 1. The Morgan fingerprint density at radius 1 is 1.04 bits per heavy atom. The number of amides is 4. The fraction of sp³-hybridized carbons (Fsp3) is 0.412. The number of hydrogen-bond acceptors (Lipinski definition) is 15. The zero-order chi connectivity index (χ0) is 52.2. The first kappa shape index (κ1) is 52.4. The van der Waals surface area contributed by atoms with Crippen LogP contribution in [0.15, 0.2) is 58.6 Å². The molecule has 3 aromatic heterocycles. The third-order valence-electron chi connectivity index (χ3n) is 13.1. The molecule has 0 bridgehead atoms. The zero-order valence-electron chi connectivity index (χ0n) is 41.2. The smallest absolute Gasteiger partial charge is 0.243 e. The molecule has 22 heteroatoms. The van der Waals surface area contributed by atoms with Crippen molar-refractivity contribution in [2.75, 3.05) is 69.7 Å². The molecule has 0 unspecified atom stereocenters. The molecule has 73 heavy (non-hydrogen) atoms. The van der Waals surface area contributed by atoms with Gasteiger partial charge in [0.25, 0.3) is 0 Å². The number of β-amino-alcohol motifs (C(OH)–C–C–N with tert-alkyl or cyclic N) is 1. The quantitative estimate of drug-likeness (QED) is 0.0749. The number of carbonyl (C=O) groups excluding carboxylic acids is 4. The van der Waals surface area contributed by atoms with Crippen molar-refractivity contribution in [2.45, 2.75) is 72.1 Å². The lowest BCUT2D eigenvalue weighted by molar-refractivity contribution is -0.141. The summed E-state index contributed by atoms with van der Waals surface area (Å²) in [5.41, 5.74) is 3.71. The Morgan fingerprint density at radius 2 is 1.81 bits per heavy atom. The molecule has 2 fully saturated rings. The molecule has 0 spiro atoms. The van der Waals surface area contributed by atoms with E-state index in [9.17, 15) is 29.4 Å². The molecule has 0 aliphatic carbocycles. The second-order valence-corrected chi connectivity index (χ2v) is 19.8. The Labute approximate surface area is 429 Å². The van der Waals surface area contributed by atoms with E-state index in [0.717, 1.165) is 22.2 Å². The number of halogens is 3. The van der Waals surface area contributed by atoms with Gasteiger partial charge in [-0.1, -0.05) is 48.8 Å². The van der Waals surface area contributed by atoms with Gasteiger partial charge in [0.05, 0.1) is 45.0 Å². The summed E-state index contributed by atoms with van der Waals surface area (Å²) >= 11 is 8.08. The van der Waals surface area contributed by atoms with Crippen molar-refractivity contribution in [3.8, 4) is 33.1 Å². The highest BCUT2D eigenvalue weighted by atomic mass is 35.5. The number of aryl methyl sites for hydroxylation is 2. The van der Waals surface area contributed by atoms with Gasteiger partial charge in [0.2, 0.25) is 29.6 Å². The van der Waals surface area contributed by atoms with Crippen molar-refractivity contribution in [1.82, 2.24) is 40.1 Å². The summed E-state index contributed by atoms with van der Waals surface area (Å²) in [4.78, 5) is 74.4. The number of aliphatic hydroxyl groups excluding tert-OH is 1. The van der Waals surface area contributed by atoms with Crippen LogP contribution in [-0.4, -0.2) is 140 Å². The number of nitrogens with one attached hydrogen (secondary N) is 2. The van der Waals surface area contributed by atoms with E-state index in [4.69, 9.17) is 25.8 Å². The molecule has 18 nitrogen and oxygen atoms in total. The molecule has 2 saturated heterocycles. The van der Waals surface area contributed by atoms with Crippen LogP contribution in [0.4, 0.5) is 20.5 Å². The summed E-state index contributed by atoms with van der Waals surface area (Å²) in [5.74, 6) is -3.19. The summed E-state index contributed by atoms with van der Waals surface area (Å²) in [6.45, 7) is 10.8. The molecule has 386 valence electrons. The van der Waals surface area contributed by atoms with Gasteiger partial charge in [0.15, 0.2) is 5.82 Å². The first-order valence-electron chi connectivity index (χ1n) is 23.9. The third-order valence-corrected chi connectivity index (χ3v) is 14.4. The van der Waals surface area contributed by atoms with E-state index in [2.05, 4.69) is 25.8 Å². The molecule has 3 aromatic carbocycles. The van der Waals surface area contributed by atoms with Crippen LogP contribution in [0.5, 0.6) is 11.5 Å². The number of phenolic OH excluding ortho intramolecular Hbond substituents is 1. The van der Waals surface area contributed by atoms with Crippen LogP contribution < -0.4 is 20.3 Å². The van der Waals surface area contributed by atoms with Crippen LogP contribution in [0.1, 0.15) is 62.2 Å². The first-order chi connectivity index (χ1) is 34.9. The number of carbonyl (C=O) groups is 4. The number of rotatable bonds is 17. The van der Waals surface area contributed by atoms with Crippen molar-refractivity contribution in [1.29, 1.82) is 0 Å². The van der Waals surface area contributed by atoms with Gasteiger partial charge < -0.3 is 49.7 Å². The second kappa shape index (κ2) is 22.4. The number of likely N-dealkylation sites (N-methyl/N-ethyl adjacent to an activating group) is 1. The summed E-state index contributed by atoms with van der Waals surface area (Å²) in [6.07, 6.45) is -0.851. The Morgan fingerprint density at radius 3 is 2.48 bits per heavy atom. The number of likely N-dealkylation sites (tertiary alicyclic amines) is 1. The summed E-state index contributed by atoms with van der Waals surface area (Å²) < 4.78 is 43.5. The van der Waals surface area contributed by atoms with Gasteiger partial charge >= 0.3 is 0 Å². The highest BCUT2D eigenvalue weighted by Gasteiger charge is 2.43. The number of anilines is 2. The monoisotopic (exact) mass is 1040 g/mol. The lowest BCUT2D eigenvalue weighted by Gasteiger charge is -2.35.